The average Bonchev–Trinajstić information content (AvgIpc) is 2.64. The van der Waals surface area contributed by atoms with E-state index in [-0.39, 0.29) is 11.7 Å². The van der Waals surface area contributed by atoms with E-state index in [0.717, 1.165) is 64.3 Å². The number of rotatable bonds is 5. The third kappa shape index (κ3) is 4.83. The standard InChI is InChI=1S/C20H29N3O3/c1-15(24)23-8-6-22(7-9-23)14-17-2-3-19(21)18(12-17)20(25)13-16-4-10-26-11-5-16/h2-3,12,16H,4-11,13-14,21H2,1H3. The molecule has 0 aromatic heterocycles. The Morgan fingerprint density at radius 1 is 1.15 bits per heavy atom. The first-order valence-electron chi connectivity index (χ1n) is 9.50. The van der Waals surface area contributed by atoms with Gasteiger partial charge in [-0.25, -0.2) is 0 Å². The Hall–Kier alpha value is -1.92. The third-order valence-electron chi connectivity index (χ3n) is 5.46. The molecule has 2 aliphatic heterocycles. The van der Waals surface area contributed by atoms with Gasteiger partial charge in [-0.1, -0.05) is 6.07 Å². The fourth-order valence-electron chi connectivity index (χ4n) is 3.75. The highest BCUT2D eigenvalue weighted by molar-refractivity contribution is 6.01. The minimum absolute atomic E-state index is 0.137. The van der Waals surface area contributed by atoms with Gasteiger partial charge in [-0.2, -0.15) is 0 Å². The van der Waals surface area contributed by atoms with E-state index >= 15 is 0 Å². The monoisotopic (exact) mass is 359 g/mol. The summed E-state index contributed by atoms with van der Waals surface area (Å²) in [5, 5.41) is 0. The van der Waals surface area contributed by atoms with Crippen LogP contribution < -0.4 is 5.73 Å². The van der Waals surface area contributed by atoms with Gasteiger partial charge < -0.3 is 15.4 Å². The summed E-state index contributed by atoms with van der Waals surface area (Å²) in [5.41, 5.74) is 8.39. The number of nitrogens with zero attached hydrogens (tertiary/aromatic N) is 2. The Balaban J connectivity index is 1.60. The molecule has 2 N–H and O–H groups in total. The van der Waals surface area contributed by atoms with Gasteiger partial charge in [0, 0.05) is 70.5 Å². The van der Waals surface area contributed by atoms with Crippen LogP contribution in [0.1, 0.15) is 42.1 Å². The highest BCUT2D eigenvalue weighted by atomic mass is 16.5. The summed E-state index contributed by atoms with van der Waals surface area (Å²) in [6.45, 7) is 7.14. The quantitative estimate of drug-likeness (QED) is 0.642. The van der Waals surface area contributed by atoms with Crippen LogP contribution in [-0.2, 0) is 16.1 Å². The number of hydrogen-bond donors (Lipinski definition) is 1. The number of anilines is 1. The molecule has 2 aliphatic rings. The molecule has 0 saturated carbocycles. The van der Waals surface area contributed by atoms with E-state index in [1.54, 1.807) is 6.92 Å². The summed E-state index contributed by atoms with van der Waals surface area (Å²) in [6, 6.07) is 5.80. The fourth-order valence-corrected chi connectivity index (χ4v) is 3.75. The number of amides is 1. The molecule has 26 heavy (non-hydrogen) atoms. The molecule has 142 valence electrons. The highest BCUT2D eigenvalue weighted by Gasteiger charge is 2.21. The van der Waals surface area contributed by atoms with E-state index in [1.165, 1.54) is 0 Å². The maximum absolute atomic E-state index is 12.7. The van der Waals surface area contributed by atoms with Crippen LogP contribution in [0.2, 0.25) is 0 Å². The molecular weight excluding hydrogens is 330 g/mol. The number of carbonyl (C=O) groups is 2. The molecule has 0 bridgehead atoms. The van der Waals surface area contributed by atoms with Crippen LogP contribution in [0.15, 0.2) is 18.2 Å². The van der Waals surface area contributed by atoms with Crippen molar-refractivity contribution in [3.05, 3.63) is 29.3 Å². The lowest BCUT2D eigenvalue weighted by Crippen LogP contribution is -2.47. The summed E-state index contributed by atoms with van der Waals surface area (Å²) in [5.74, 6) is 0.676. The highest BCUT2D eigenvalue weighted by Crippen LogP contribution is 2.24. The lowest BCUT2D eigenvalue weighted by molar-refractivity contribution is -0.130. The minimum atomic E-state index is 0.137. The Morgan fingerprint density at radius 2 is 1.85 bits per heavy atom. The van der Waals surface area contributed by atoms with E-state index in [0.29, 0.717) is 23.6 Å². The van der Waals surface area contributed by atoms with Gasteiger partial charge in [0.1, 0.15) is 0 Å². The average molecular weight is 359 g/mol. The maximum Gasteiger partial charge on any atom is 0.219 e. The van der Waals surface area contributed by atoms with Crippen molar-refractivity contribution in [1.29, 1.82) is 0 Å². The normalized spacial score (nSPS) is 19.5. The molecular formula is C20H29N3O3. The topological polar surface area (TPSA) is 75.9 Å². The van der Waals surface area contributed by atoms with Crippen LogP contribution in [0.5, 0.6) is 0 Å². The maximum atomic E-state index is 12.7. The number of benzene rings is 1. The molecule has 2 fully saturated rings. The smallest absolute Gasteiger partial charge is 0.219 e. The fraction of sp³-hybridized carbons (Fsp3) is 0.600. The number of hydrogen-bond acceptors (Lipinski definition) is 5. The Kier molecular flexibility index (Phi) is 6.27. The number of Topliss-reactive ketones (excluding diaryl/α,β-unsaturated/α-hetero) is 1. The molecule has 6 heteroatoms. The van der Waals surface area contributed by atoms with E-state index < -0.39 is 0 Å². The van der Waals surface area contributed by atoms with E-state index in [2.05, 4.69) is 4.90 Å². The van der Waals surface area contributed by atoms with Crippen molar-refractivity contribution in [3.63, 3.8) is 0 Å². The summed E-state index contributed by atoms with van der Waals surface area (Å²) < 4.78 is 5.37. The zero-order valence-corrected chi connectivity index (χ0v) is 15.6. The Labute approximate surface area is 155 Å². The van der Waals surface area contributed by atoms with Gasteiger partial charge in [-0.3, -0.25) is 14.5 Å². The van der Waals surface area contributed by atoms with Gasteiger partial charge in [-0.05, 0) is 36.5 Å². The lowest BCUT2D eigenvalue weighted by atomic mass is 9.91. The number of carbonyl (C=O) groups excluding carboxylic acids is 2. The van der Waals surface area contributed by atoms with Gasteiger partial charge in [0.25, 0.3) is 0 Å². The number of nitrogen functional groups attached to an aromatic ring is 1. The third-order valence-corrected chi connectivity index (χ3v) is 5.46. The second-order valence-corrected chi connectivity index (χ2v) is 7.39. The number of piperazine rings is 1. The first-order valence-corrected chi connectivity index (χ1v) is 9.50. The van der Waals surface area contributed by atoms with Crippen molar-refractivity contribution in [3.8, 4) is 0 Å². The predicted molar refractivity (Wildman–Crippen MR) is 101 cm³/mol. The van der Waals surface area contributed by atoms with Crippen LogP contribution in [-0.4, -0.2) is 60.9 Å². The van der Waals surface area contributed by atoms with Crippen molar-refractivity contribution in [1.82, 2.24) is 9.80 Å². The van der Waals surface area contributed by atoms with Crippen LogP contribution in [0.3, 0.4) is 0 Å². The molecule has 1 aromatic rings. The SMILES string of the molecule is CC(=O)N1CCN(Cc2ccc(N)c(C(=O)CC3CCOCC3)c2)CC1. The van der Waals surface area contributed by atoms with Crippen LogP contribution in [0.25, 0.3) is 0 Å². The van der Waals surface area contributed by atoms with Crippen molar-refractivity contribution < 1.29 is 14.3 Å². The molecule has 0 aliphatic carbocycles. The molecule has 2 heterocycles. The van der Waals surface area contributed by atoms with Gasteiger partial charge in [0.2, 0.25) is 5.91 Å². The second-order valence-electron chi connectivity index (χ2n) is 7.39. The predicted octanol–water partition coefficient (Wildman–Crippen LogP) is 1.93. The first kappa shape index (κ1) is 18.9. The van der Waals surface area contributed by atoms with Gasteiger partial charge in [-0.15, -0.1) is 0 Å². The molecule has 2 saturated heterocycles. The first-order chi connectivity index (χ1) is 12.5. The molecule has 6 nitrogen and oxygen atoms in total. The van der Waals surface area contributed by atoms with Gasteiger partial charge in [0.15, 0.2) is 5.78 Å². The minimum Gasteiger partial charge on any atom is -0.398 e. The zero-order chi connectivity index (χ0) is 18.5. The Morgan fingerprint density at radius 3 is 2.50 bits per heavy atom. The van der Waals surface area contributed by atoms with E-state index in [9.17, 15) is 9.59 Å². The van der Waals surface area contributed by atoms with Gasteiger partial charge >= 0.3 is 0 Å². The molecule has 0 spiro atoms. The van der Waals surface area contributed by atoms with Crippen LogP contribution >= 0.6 is 0 Å². The molecule has 0 atom stereocenters. The summed E-state index contributed by atoms with van der Waals surface area (Å²) >= 11 is 0. The Bertz CT molecular complexity index is 648. The van der Waals surface area contributed by atoms with Crippen molar-refractivity contribution in [2.24, 2.45) is 5.92 Å². The summed E-state index contributed by atoms with van der Waals surface area (Å²) in [7, 11) is 0. The molecule has 1 amide bonds. The van der Waals surface area contributed by atoms with Crippen molar-refractivity contribution >= 4 is 17.4 Å². The number of ether oxygens (including phenoxy) is 1. The van der Waals surface area contributed by atoms with Crippen molar-refractivity contribution in [2.45, 2.75) is 32.7 Å². The van der Waals surface area contributed by atoms with E-state index in [4.69, 9.17) is 10.5 Å². The number of nitrogens with two attached hydrogens (primary N) is 1. The molecule has 0 unspecified atom stereocenters. The zero-order valence-electron chi connectivity index (χ0n) is 15.6. The van der Waals surface area contributed by atoms with Crippen LogP contribution in [0, 0.1) is 5.92 Å². The lowest BCUT2D eigenvalue weighted by Gasteiger charge is -2.34. The summed E-state index contributed by atoms with van der Waals surface area (Å²) in [4.78, 5) is 28.3. The molecule has 1 aromatic carbocycles. The van der Waals surface area contributed by atoms with Crippen LogP contribution in [0.4, 0.5) is 5.69 Å². The second kappa shape index (κ2) is 8.64. The molecule has 3 rings (SSSR count). The summed E-state index contributed by atoms with van der Waals surface area (Å²) in [6.07, 6.45) is 2.45. The van der Waals surface area contributed by atoms with Crippen molar-refractivity contribution in [2.75, 3.05) is 45.1 Å². The largest absolute Gasteiger partial charge is 0.398 e. The van der Waals surface area contributed by atoms with Gasteiger partial charge in [0.05, 0.1) is 0 Å². The molecule has 0 radical (unpaired) electrons. The number of ketones is 1. The van der Waals surface area contributed by atoms with E-state index in [1.807, 2.05) is 23.1 Å².